The van der Waals surface area contributed by atoms with Crippen molar-refractivity contribution in [3.05, 3.63) is 24.5 Å². The van der Waals surface area contributed by atoms with E-state index in [2.05, 4.69) is 19.4 Å². The predicted molar refractivity (Wildman–Crippen MR) is 75.1 cm³/mol. The largest absolute Gasteiger partial charge is 0.411 e. The summed E-state index contributed by atoms with van der Waals surface area (Å²) in [7, 11) is 0. The molecule has 0 unspecified atom stereocenters. The van der Waals surface area contributed by atoms with Gasteiger partial charge in [-0.3, -0.25) is 4.98 Å². The highest BCUT2D eigenvalue weighted by Gasteiger charge is 2.27. The fourth-order valence-electron chi connectivity index (χ4n) is 1.65. The van der Waals surface area contributed by atoms with Crippen LogP contribution in [0.2, 0.25) is 0 Å². The lowest BCUT2D eigenvalue weighted by Gasteiger charge is -2.09. The highest BCUT2D eigenvalue weighted by molar-refractivity contribution is 7.11. The summed E-state index contributed by atoms with van der Waals surface area (Å²) >= 11 is 1.15. The molecule has 0 saturated heterocycles. The molecule has 0 amide bonds. The van der Waals surface area contributed by atoms with Crippen LogP contribution in [0.4, 0.5) is 24.0 Å². The van der Waals surface area contributed by atoms with Gasteiger partial charge in [0.1, 0.15) is 17.4 Å². The maximum atomic E-state index is 11.9. The third-order valence-corrected chi connectivity index (χ3v) is 3.30. The van der Waals surface area contributed by atoms with E-state index in [-0.39, 0.29) is 13.2 Å². The Kier molecular flexibility index (Phi) is 4.97. The van der Waals surface area contributed by atoms with Crippen LogP contribution in [0.5, 0.6) is 0 Å². The lowest BCUT2D eigenvalue weighted by Crippen LogP contribution is -2.20. The van der Waals surface area contributed by atoms with Gasteiger partial charge in [0.15, 0.2) is 0 Å². The summed E-state index contributed by atoms with van der Waals surface area (Å²) in [5, 5.41) is 3.67. The third-order valence-electron chi connectivity index (χ3n) is 2.49. The molecule has 0 spiro atoms. The molecule has 2 aromatic heterocycles. The predicted octanol–water partition coefficient (Wildman–Crippen LogP) is 2.78. The second-order valence-electron chi connectivity index (χ2n) is 4.10. The standard InChI is InChI=1S/C12H13F3N4OS/c13-12(14,15)7-20-6-5-18-11-9(10(16)19-21-11)8-1-3-17-4-2-8/h1-4,18H,5-7H2,(H2,16,19). The van der Waals surface area contributed by atoms with Gasteiger partial charge in [0.25, 0.3) is 0 Å². The number of nitrogens with zero attached hydrogens (tertiary/aromatic N) is 2. The van der Waals surface area contributed by atoms with E-state index in [1.165, 1.54) is 0 Å². The van der Waals surface area contributed by atoms with Crippen LogP contribution in [-0.4, -0.2) is 35.3 Å². The maximum absolute atomic E-state index is 11.9. The first-order valence-corrected chi connectivity index (χ1v) is 6.78. The Hall–Kier alpha value is -1.87. The van der Waals surface area contributed by atoms with Crippen LogP contribution >= 0.6 is 11.5 Å². The van der Waals surface area contributed by atoms with E-state index in [4.69, 9.17) is 5.73 Å². The number of pyridine rings is 1. The van der Waals surface area contributed by atoms with Gasteiger partial charge in [0.2, 0.25) is 0 Å². The number of nitrogens with two attached hydrogens (primary N) is 1. The molecule has 9 heteroatoms. The highest BCUT2D eigenvalue weighted by atomic mass is 32.1. The summed E-state index contributed by atoms with van der Waals surface area (Å²) in [6, 6.07) is 3.57. The number of nitrogens with one attached hydrogen (secondary N) is 1. The lowest BCUT2D eigenvalue weighted by molar-refractivity contribution is -0.172. The van der Waals surface area contributed by atoms with Crippen molar-refractivity contribution in [2.24, 2.45) is 0 Å². The molecule has 0 atom stereocenters. The molecular formula is C12H13F3N4OS. The maximum Gasteiger partial charge on any atom is 0.411 e. The monoisotopic (exact) mass is 318 g/mol. The van der Waals surface area contributed by atoms with Gasteiger partial charge >= 0.3 is 6.18 Å². The molecule has 0 aliphatic heterocycles. The Labute approximate surface area is 123 Å². The number of hydrogen-bond acceptors (Lipinski definition) is 6. The van der Waals surface area contributed by atoms with Crippen LogP contribution in [-0.2, 0) is 4.74 Å². The molecule has 0 bridgehead atoms. The number of ether oxygens (including phenoxy) is 1. The van der Waals surface area contributed by atoms with Gasteiger partial charge in [-0.15, -0.1) is 0 Å². The normalized spacial score (nSPS) is 11.6. The summed E-state index contributed by atoms with van der Waals surface area (Å²) in [6.45, 7) is -1.08. The molecule has 21 heavy (non-hydrogen) atoms. The molecule has 0 radical (unpaired) electrons. The van der Waals surface area contributed by atoms with E-state index < -0.39 is 12.8 Å². The number of anilines is 2. The van der Waals surface area contributed by atoms with E-state index in [0.717, 1.165) is 22.7 Å². The molecule has 2 heterocycles. The zero-order valence-electron chi connectivity index (χ0n) is 10.9. The van der Waals surface area contributed by atoms with E-state index >= 15 is 0 Å². The Morgan fingerprint density at radius 1 is 1.29 bits per heavy atom. The minimum absolute atomic E-state index is 0.0624. The smallest absolute Gasteiger partial charge is 0.382 e. The second kappa shape index (κ2) is 6.72. The van der Waals surface area contributed by atoms with Gasteiger partial charge < -0.3 is 15.8 Å². The minimum Gasteiger partial charge on any atom is -0.382 e. The first-order chi connectivity index (χ1) is 9.97. The van der Waals surface area contributed by atoms with Crippen molar-refractivity contribution in [2.45, 2.75) is 6.18 Å². The first-order valence-electron chi connectivity index (χ1n) is 6.01. The Bertz CT molecular complexity index is 574. The van der Waals surface area contributed by atoms with Crippen molar-refractivity contribution in [1.29, 1.82) is 0 Å². The number of hydrogen-bond donors (Lipinski definition) is 2. The van der Waals surface area contributed by atoms with Gasteiger partial charge in [0.05, 0.1) is 12.2 Å². The molecule has 0 saturated carbocycles. The summed E-state index contributed by atoms with van der Waals surface area (Å²) in [5.74, 6) is 0.366. The molecule has 0 aromatic carbocycles. The Morgan fingerprint density at radius 3 is 2.67 bits per heavy atom. The fraction of sp³-hybridized carbons (Fsp3) is 0.333. The van der Waals surface area contributed by atoms with Crippen molar-refractivity contribution in [2.75, 3.05) is 30.8 Å². The zero-order valence-corrected chi connectivity index (χ0v) is 11.7. The first kappa shape index (κ1) is 15.5. The van der Waals surface area contributed by atoms with Gasteiger partial charge in [-0.2, -0.15) is 17.5 Å². The van der Waals surface area contributed by atoms with E-state index in [1.54, 1.807) is 24.5 Å². The van der Waals surface area contributed by atoms with Gasteiger partial charge in [0, 0.05) is 18.9 Å². The topological polar surface area (TPSA) is 73.1 Å². The zero-order chi connectivity index (χ0) is 15.3. The second-order valence-corrected chi connectivity index (χ2v) is 4.88. The minimum atomic E-state index is -4.31. The van der Waals surface area contributed by atoms with Crippen molar-refractivity contribution < 1.29 is 17.9 Å². The Balaban J connectivity index is 1.93. The van der Waals surface area contributed by atoms with E-state index in [0.29, 0.717) is 10.8 Å². The van der Waals surface area contributed by atoms with E-state index in [9.17, 15) is 13.2 Å². The summed E-state index contributed by atoms with van der Waals surface area (Å²) in [5.41, 5.74) is 7.38. The molecule has 114 valence electrons. The SMILES string of the molecule is Nc1nsc(NCCOCC(F)(F)F)c1-c1ccncc1. The summed E-state index contributed by atoms with van der Waals surface area (Å²) in [4.78, 5) is 3.92. The summed E-state index contributed by atoms with van der Waals surface area (Å²) in [6.07, 6.45) is -1.05. The average molecular weight is 318 g/mol. The van der Waals surface area contributed by atoms with Gasteiger partial charge in [-0.1, -0.05) is 0 Å². The van der Waals surface area contributed by atoms with Crippen LogP contribution in [0.3, 0.4) is 0 Å². The summed E-state index contributed by atoms with van der Waals surface area (Å²) < 4.78 is 44.3. The number of rotatable bonds is 6. The third kappa shape index (κ3) is 4.57. The lowest BCUT2D eigenvalue weighted by atomic mass is 10.1. The van der Waals surface area contributed by atoms with Crippen LogP contribution in [0.25, 0.3) is 11.1 Å². The molecule has 5 nitrogen and oxygen atoms in total. The quantitative estimate of drug-likeness (QED) is 0.801. The van der Waals surface area contributed by atoms with Crippen molar-refractivity contribution in [3.63, 3.8) is 0 Å². The molecule has 0 aliphatic carbocycles. The number of aromatic nitrogens is 2. The number of halogens is 3. The molecule has 0 aliphatic rings. The van der Waals surface area contributed by atoms with Crippen LogP contribution < -0.4 is 11.1 Å². The Morgan fingerprint density at radius 2 is 2.00 bits per heavy atom. The molecule has 3 N–H and O–H groups in total. The molecule has 0 fully saturated rings. The van der Waals surface area contributed by atoms with Gasteiger partial charge in [-0.05, 0) is 29.2 Å². The van der Waals surface area contributed by atoms with E-state index in [1.807, 2.05) is 0 Å². The highest BCUT2D eigenvalue weighted by Crippen LogP contribution is 2.36. The fourth-order valence-corrected chi connectivity index (χ4v) is 2.41. The van der Waals surface area contributed by atoms with Crippen molar-refractivity contribution in [1.82, 2.24) is 9.36 Å². The van der Waals surface area contributed by atoms with Gasteiger partial charge in [-0.25, -0.2) is 0 Å². The average Bonchev–Trinajstić information content (AvgIpc) is 2.79. The van der Waals surface area contributed by atoms with Crippen LogP contribution in [0.15, 0.2) is 24.5 Å². The molecule has 2 rings (SSSR count). The van der Waals surface area contributed by atoms with Crippen molar-refractivity contribution >= 4 is 22.4 Å². The molecule has 2 aromatic rings. The van der Waals surface area contributed by atoms with Crippen LogP contribution in [0.1, 0.15) is 0 Å². The van der Waals surface area contributed by atoms with Crippen LogP contribution in [0, 0.1) is 0 Å². The number of alkyl halides is 3. The number of nitrogen functional groups attached to an aromatic ring is 1. The molecular weight excluding hydrogens is 305 g/mol. The van der Waals surface area contributed by atoms with Crippen molar-refractivity contribution in [3.8, 4) is 11.1 Å².